The average Bonchev–Trinajstić information content (AvgIpc) is 3.12. The molecule has 2 rings (SSSR count). The van der Waals surface area contributed by atoms with E-state index >= 15 is 0 Å². The highest BCUT2D eigenvalue weighted by Gasteiger charge is 2.37. The van der Waals surface area contributed by atoms with E-state index in [0.717, 1.165) is 12.8 Å². The van der Waals surface area contributed by atoms with Crippen molar-refractivity contribution in [3.05, 3.63) is 23.0 Å². The zero-order chi connectivity index (χ0) is 13.3. The van der Waals surface area contributed by atoms with Crippen molar-refractivity contribution in [3.8, 4) is 0 Å². The molecule has 6 heteroatoms. The molecule has 0 saturated heterocycles. The first-order valence-corrected chi connectivity index (χ1v) is 5.83. The van der Waals surface area contributed by atoms with Gasteiger partial charge in [-0.05, 0) is 38.7 Å². The highest BCUT2D eigenvalue weighted by atomic mass is 16.4. The molecule has 0 spiro atoms. The second-order valence-electron chi connectivity index (χ2n) is 4.61. The van der Waals surface area contributed by atoms with Crippen LogP contribution in [-0.4, -0.2) is 33.2 Å². The van der Waals surface area contributed by atoms with E-state index < -0.39 is 17.9 Å². The van der Waals surface area contributed by atoms with E-state index in [1.807, 2.05) is 0 Å². The molecule has 1 atom stereocenters. The second kappa shape index (κ2) is 4.72. The van der Waals surface area contributed by atoms with Gasteiger partial charge in [0.2, 0.25) is 0 Å². The normalized spacial score (nSPS) is 16.1. The van der Waals surface area contributed by atoms with Crippen LogP contribution in [0.25, 0.3) is 0 Å². The summed E-state index contributed by atoms with van der Waals surface area (Å²) in [5.41, 5.74) is 1.51. The minimum absolute atomic E-state index is 0.0580. The van der Waals surface area contributed by atoms with Gasteiger partial charge in [0.25, 0.3) is 5.91 Å². The van der Waals surface area contributed by atoms with Gasteiger partial charge >= 0.3 is 5.97 Å². The molecule has 1 aromatic heterocycles. The van der Waals surface area contributed by atoms with Crippen LogP contribution in [0.3, 0.4) is 0 Å². The van der Waals surface area contributed by atoms with Crippen molar-refractivity contribution < 1.29 is 14.7 Å². The first-order chi connectivity index (χ1) is 8.49. The summed E-state index contributed by atoms with van der Waals surface area (Å²) in [4.78, 5) is 23.1. The Morgan fingerprint density at radius 3 is 2.61 bits per heavy atom. The number of carboxylic acids is 1. The Bertz CT molecular complexity index is 497. The molecule has 1 amide bonds. The van der Waals surface area contributed by atoms with Crippen LogP contribution in [0.2, 0.25) is 0 Å². The van der Waals surface area contributed by atoms with Gasteiger partial charge in [-0.25, -0.2) is 4.79 Å². The van der Waals surface area contributed by atoms with Gasteiger partial charge in [0.1, 0.15) is 6.04 Å². The van der Waals surface area contributed by atoms with Crippen LogP contribution in [0, 0.1) is 19.8 Å². The topological polar surface area (TPSA) is 92.2 Å². The Morgan fingerprint density at radius 2 is 2.06 bits per heavy atom. The lowest BCUT2D eigenvalue weighted by atomic mass is 10.1. The van der Waals surface area contributed by atoms with E-state index in [2.05, 4.69) is 15.5 Å². The van der Waals surface area contributed by atoms with Crippen molar-refractivity contribution in [1.29, 1.82) is 0 Å². The number of rotatable bonds is 4. The minimum atomic E-state index is -0.984. The molecule has 2 N–H and O–H groups in total. The van der Waals surface area contributed by atoms with E-state index in [0.29, 0.717) is 17.0 Å². The largest absolute Gasteiger partial charge is 0.480 e. The van der Waals surface area contributed by atoms with E-state index in [1.54, 1.807) is 19.9 Å². The molecule has 1 aliphatic rings. The summed E-state index contributed by atoms with van der Waals surface area (Å²) in [6.07, 6.45) is 1.70. The minimum Gasteiger partial charge on any atom is -0.480 e. The number of aliphatic carboxylic acids is 1. The van der Waals surface area contributed by atoms with E-state index in [-0.39, 0.29) is 5.92 Å². The van der Waals surface area contributed by atoms with Crippen LogP contribution in [-0.2, 0) is 4.79 Å². The summed E-state index contributed by atoms with van der Waals surface area (Å²) in [5, 5.41) is 19.3. The molecule has 1 fully saturated rings. The Morgan fingerprint density at radius 1 is 1.39 bits per heavy atom. The fraction of sp³-hybridized carbons (Fsp3) is 0.500. The number of carbonyl (C=O) groups excluding carboxylic acids is 1. The van der Waals surface area contributed by atoms with Crippen molar-refractivity contribution in [3.63, 3.8) is 0 Å². The molecule has 1 saturated carbocycles. The third-order valence-corrected chi connectivity index (χ3v) is 2.99. The predicted octanol–water partition coefficient (Wildman–Crippen LogP) is 0.686. The third kappa shape index (κ3) is 2.64. The van der Waals surface area contributed by atoms with Crippen molar-refractivity contribution >= 4 is 11.9 Å². The third-order valence-electron chi connectivity index (χ3n) is 2.99. The van der Waals surface area contributed by atoms with Crippen molar-refractivity contribution in [2.75, 3.05) is 0 Å². The van der Waals surface area contributed by atoms with Gasteiger partial charge in [-0.15, -0.1) is 0 Å². The summed E-state index contributed by atoms with van der Waals surface area (Å²) in [6, 6.07) is 0.814. The van der Waals surface area contributed by atoms with Gasteiger partial charge in [-0.3, -0.25) is 4.79 Å². The number of hydrogen-bond donors (Lipinski definition) is 2. The van der Waals surface area contributed by atoms with E-state index in [1.165, 1.54) is 0 Å². The summed E-state index contributed by atoms with van der Waals surface area (Å²) in [7, 11) is 0. The van der Waals surface area contributed by atoms with Gasteiger partial charge in [0, 0.05) is 0 Å². The van der Waals surface area contributed by atoms with Crippen molar-refractivity contribution in [2.45, 2.75) is 32.7 Å². The molecular formula is C12H15N3O3. The van der Waals surface area contributed by atoms with Crippen LogP contribution in [0.5, 0.6) is 0 Å². The lowest BCUT2D eigenvalue weighted by Crippen LogP contribution is -2.42. The average molecular weight is 249 g/mol. The summed E-state index contributed by atoms with van der Waals surface area (Å²) < 4.78 is 0. The fourth-order valence-corrected chi connectivity index (χ4v) is 1.81. The lowest BCUT2D eigenvalue weighted by Gasteiger charge is -2.14. The highest BCUT2D eigenvalue weighted by Crippen LogP contribution is 2.32. The van der Waals surface area contributed by atoms with Crippen LogP contribution in [0.1, 0.15) is 34.6 Å². The number of amides is 1. The van der Waals surface area contributed by atoms with Gasteiger partial charge in [0.15, 0.2) is 0 Å². The summed E-state index contributed by atoms with van der Waals surface area (Å²) >= 11 is 0. The quantitative estimate of drug-likeness (QED) is 0.818. The molecule has 0 bridgehead atoms. The van der Waals surface area contributed by atoms with Crippen LogP contribution in [0.15, 0.2) is 6.07 Å². The Balaban J connectivity index is 2.15. The lowest BCUT2D eigenvalue weighted by molar-refractivity contribution is -0.139. The molecule has 6 nitrogen and oxygen atoms in total. The molecule has 0 aliphatic heterocycles. The number of aromatic nitrogens is 2. The van der Waals surface area contributed by atoms with Crippen LogP contribution in [0.4, 0.5) is 0 Å². The molecule has 18 heavy (non-hydrogen) atoms. The van der Waals surface area contributed by atoms with Crippen molar-refractivity contribution in [2.24, 2.45) is 5.92 Å². The molecule has 1 aliphatic carbocycles. The maximum absolute atomic E-state index is 12.0. The molecular weight excluding hydrogens is 234 g/mol. The van der Waals surface area contributed by atoms with Gasteiger partial charge < -0.3 is 10.4 Å². The second-order valence-corrected chi connectivity index (χ2v) is 4.61. The number of nitrogens with zero attached hydrogens (tertiary/aromatic N) is 2. The monoisotopic (exact) mass is 249 g/mol. The van der Waals surface area contributed by atoms with Gasteiger partial charge in [0.05, 0.1) is 17.0 Å². The Hall–Kier alpha value is -1.98. The van der Waals surface area contributed by atoms with Gasteiger partial charge in [-0.1, -0.05) is 0 Å². The number of aryl methyl sites for hydroxylation is 2. The molecule has 0 aromatic carbocycles. The zero-order valence-electron chi connectivity index (χ0n) is 10.3. The van der Waals surface area contributed by atoms with Crippen LogP contribution >= 0.6 is 0 Å². The van der Waals surface area contributed by atoms with E-state index in [9.17, 15) is 9.59 Å². The molecule has 96 valence electrons. The Kier molecular flexibility index (Phi) is 3.27. The molecule has 1 unspecified atom stereocenters. The maximum Gasteiger partial charge on any atom is 0.326 e. The molecule has 1 heterocycles. The predicted molar refractivity (Wildman–Crippen MR) is 63.1 cm³/mol. The molecule has 0 radical (unpaired) electrons. The summed E-state index contributed by atoms with van der Waals surface area (Å²) in [6.45, 7) is 3.41. The van der Waals surface area contributed by atoms with Crippen LogP contribution < -0.4 is 5.32 Å². The zero-order valence-corrected chi connectivity index (χ0v) is 10.3. The SMILES string of the molecule is Cc1cc(C(=O)NC(C(=O)O)C2CC2)c(C)nn1. The smallest absolute Gasteiger partial charge is 0.326 e. The highest BCUT2D eigenvalue weighted by molar-refractivity contribution is 5.97. The fourth-order valence-electron chi connectivity index (χ4n) is 1.81. The first-order valence-electron chi connectivity index (χ1n) is 5.83. The number of carbonyl (C=O) groups is 2. The summed E-state index contributed by atoms with van der Waals surface area (Å²) in [5.74, 6) is -1.32. The Labute approximate surface area is 104 Å². The standard InChI is InChI=1S/C12H15N3O3/c1-6-5-9(7(2)15-14-6)11(16)13-10(12(17)18)8-3-4-8/h5,8,10H,3-4H2,1-2H3,(H,13,16)(H,17,18). The van der Waals surface area contributed by atoms with Crippen molar-refractivity contribution in [1.82, 2.24) is 15.5 Å². The number of nitrogens with one attached hydrogen (secondary N) is 1. The first kappa shape index (κ1) is 12.5. The number of hydrogen-bond acceptors (Lipinski definition) is 4. The van der Waals surface area contributed by atoms with Gasteiger partial charge in [-0.2, -0.15) is 10.2 Å². The number of carboxylic acid groups (broad SMARTS) is 1. The maximum atomic E-state index is 12.0. The molecule has 1 aromatic rings. The van der Waals surface area contributed by atoms with E-state index in [4.69, 9.17) is 5.11 Å².